The van der Waals surface area contributed by atoms with Crippen molar-refractivity contribution >= 4 is 15.7 Å². The molecule has 0 aromatic heterocycles. The molecule has 0 bridgehead atoms. The summed E-state index contributed by atoms with van der Waals surface area (Å²) < 4.78 is 34.4. The number of ether oxygens (including phenoxy) is 2. The summed E-state index contributed by atoms with van der Waals surface area (Å²) in [4.78, 5) is 16.4. The molecule has 1 aromatic rings. The Morgan fingerprint density at radius 1 is 1.15 bits per heavy atom. The van der Waals surface area contributed by atoms with Crippen LogP contribution in [-0.2, 0) is 27.6 Å². The molecule has 144 valence electrons. The molecule has 1 atom stereocenters. The fourth-order valence-corrected chi connectivity index (χ4v) is 4.83. The third kappa shape index (κ3) is 3.81. The number of benzene rings is 1. The fourth-order valence-electron chi connectivity index (χ4n) is 3.55. The topological polar surface area (TPSA) is 76.2 Å². The third-order valence-electron chi connectivity index (χ3n) is 5.24. The van der Waals surface area contributed by atoms with Crippen molar-refractivity contribution in [1.29, 1.82) is 0 Å². The van der Waals surface area contributed by atoms with Crippen LogP contribution in [0, 0.1) is 0 Å². The van der Waals surface area contributed by atoms with Crippen molar-refractivity contribution in [3.63, 3.8) is 0 Å². The Morgan fingerprint density at radius 2 is 1.81 bits per heavy atom. The van der Waals surface area contributed by atoms with Crippen LogP contribution < -0.4 is 9.47 Å². The first-order chi connectivity index (χ1) is 12.3. The first-order valence-electron chi connectivity index (χ1n) is 8.79. The van der Waals surface area contributed by atoms with Gasteiger partial charge in [0.2, 0.25) is 5.91 Å². The number of rotatable bonds is 4. The van der Waals surface area contributed by atoms with E-state index in [1.54, 1.807) is 26.0 Å². The quantitative estimate of drug-likeness (QED) is 0.763. The second kappa shape index (κ2) is 7.44. The minimum absolute atomic E-state index is 0.00400. The van der Waals surface area contributed by atoms with E-state index in [2.05, 4.69) is 4.90 Å². The van der Waals surface area contributed by atoms with Gasteiger partial charge in [0.05, 0.1) is 31.8 Å². The molecule has 0 saturated carbocycles. The summed E-state index contributed by atoms with van der Waals surface area (Å²) in [6, 6.07) is 3.98. The molecular formula is C18H26N2O5S. The van der Waals surface area contributed by atoms with Gasteiger partial charge < -0.3 is 14.4 Å². The van der Waals surface area contributed by atoms with E-state index in [0.717, 1.165) is 24.3 Å². The van der Waals surface area contributed by atoms with E-state index in [4.69, 9.17) is 9.47 Å². The zero-order valence-electron chi connectivity index (χ0n) is 15.5. The number of hydrogen-bond acceptors (Lipinski definition) is 6. The number of amides is 1. The molecule has 0 radical (unpaired) electrons. The maximum atomic E-state index is 12.6. The molecule has 26 heavy (non-hydrogen) atoms. The Balaban J connectivity index is 1.65. The molecule has 2 aliphatic heterocycles. The molecule has 3 rings (SSSR count). The minimum atomic E-state index is -3.05. The standard InChI is InChI=1S/C18H26N2O5S/c1-13-10-20(6-7-26(13,22)23)18(21)12-19-5-4-14-8-16(24-2)17(25-3)9-15(14)11-19/h8-9,13H,4-7,10-12H2,1-3H3. The van der Waals surface area contributed by atoms with Gasteiger partial charge in [0, 0.05) is 26.2 Å². The van der Waals surface area contributed by atoms with Gasteiger partial charge in [-0.3, -0.25) is 9.69 Å². The highest BCUT2D eigenvalue weighted by Gasteiger charge is 2.32. The fraction of sp³-hybridized carbons (Fsp3) is 0.611. The van der Waals surface area contributed by atoms with Gasteiger partial charge in [0.1, 0.15) is 0 Å². The Labute approximate surface area is 154 Å². The highest BCUT2D eigenvalue weighted by molar-refractivity contribution is 7.92. The SMILES string of the molecule is COc1cc2c(cc1OC)CN(CC(=O)N1CCS(=O)(=O)C(C)C1)CC2. The maximum absolute atomic E-state index is 12.6. The molecule has 1 fully saturated rings. The number of nitrogens with zero attached hydrogens (tertiary/aromatic N) is 2. The number of carbonyl (C=O) groups excluding carboxylic acids is 1. The van der Waals surface area contributed by atoms with Crippen molar-refractivity contribution in [3.8, 4) is 11.5 Å². The van der Waals surface area contributed by atoms with Crippen LogP contribution in [0.5, 0.6) is 11.5 Å². The van der Waals surface area contributed by atoms with Crippen molar-refractivity contribution in [2.75, 3.05) is 46.2 Å². The lowest BCUT2D eigenvalue weighted by molar-refractivity contribution is -0.132. The van der Waals surface area contributed by atoms with Gasteiger partial charge >= 0.3 is 0 Å². The second-order valence-corrected chi connectivity index (χ2v) is 9.49. The predicted molar refractivity (Wildman–Crippen MR) is 98.4 cm³/mol. The average molecular weight is 382 g/mol. The van der Waals surface area contributed by atoms with Gasteiger partial charge in [0.15, 0.2) is 21.3 Å². The zero-order chi connectivity index (χ0) is 18.9. The molecule has 2 aliphatic rings. The van der Waals surface area contributed by atoms with E-state index in [1.807, 2.05) is 12.1 Å². The molecule has 1 aromatic carbocycles. The summed E-state index contributed by atoms with van der Waals surface area (Å²) in [6.45, 7) is 4.02. The lowest BCUT2D eigenvalue weighted by Gasteiger charge is -2.34. The minimum Gasteiger partial charge on any atom is -0.493 e. The molecule has 8 heteroatoms. The van der Waals surface area contributed by atoms with Crippen LogP contribution in [0.15, 0.2) is 12.1 Å². The first kappa shape index (κ1) is 19.0. The molecule has 1 saturated heterocycles. The van der Waals surface area contributed by atoms with E-state index in [9.17, 15) is 13.2 Å². The van der Waals surface area contributed by atoms with E-state index in [0.29, 0.717) is 25.4 Å². The lowest BCUT2D eigenvalue weighted by atomic mass is 9.99. The second-order valence-electron chi connectivity index (χ2n) is 6.95. The first-order valence-corrected chi connectivity index (χ1v) is 10.5. The molecule has 2 heterocycles. The van der Waals surface area contributed by atoms with Gasteiger partial charge in [0.25, 0.3) is 0 Å². The van der Waals surface area contributed by atoms with E-state index >= 15 is 0 Å². The number of fused-ring (bicyclic) bond motifs is 1. The Morgan fingerprint density at radius 3 is 2.42 bits per heavy atom. The highest BCUT2D eigenvalue weighted by atomic mass is 32.2. The van der Waals surface area contributed by atoms with E-state index in [-0.39, 0.29) is 18.2 Å². The van der Waals surface area contributed by atoms with Crippen molar-refractivity contribution in [3.05, 3.63) is 23.3 Å². The monoisotopic (exact) mass is 382 g/mol. The van der Waals surface area contributed by atoms with Crippen LogP contribution in [0.1, 0.15) is 18.1 Å². The Kier molecular flexibility index (Phi) is 5.43. The third-order valence-corrected chi connectivity index (χ3v) is 7.37. The zero-order valence-corrected chi connectivity index (χ0v) is 16.3. The summed E-state index contributed by atoms with van der Waals surface area (Å²) in [6.07, 6.45) is 0.841. The molecule has 0 spiro atoms. The normalized spacial score (nSPS) is 22.6. The molecule has 7 nitrogen and oxygen atoms in total. The molecule has 0 aliphatic carbocycles. The smallest absolute Gasteiger partial charge is 0.236 e. The number of methoxy groups -OCH3 is 2. The largest absolute Gasteiger partial charge is 0.493 e. The maximum Gasteiger partial charge on any atom is 0.236 e. The van der Waals surface area contributed by atoms with Crippen molar-refractivity contribution in [2.24, 2.45) is 0 Å². The number of hydrogen-bond donors (Lipinski definition) is 0. The molecule has 1 amide bonds. The molecule has 1 unspecified atom stereocenters. The van der Waals surface area contributed by atoms with Gasteiger partial charge in [-0.15, -0.1) is 0 Å². The van der Waals surface area contributed by atoms with Crippen LogP contribution in [0.3, 0.4) is 0 Å². The van der Waals surface area contributed by atoms with Gasteiger partial charge in [-0.25, -0.2) is 8.42 Å². The van der Waals surface area contributed by atoms with Crippen molar-refractivity contribution in [2.45, 2.75) is 25.1 Å². The van der Waals surface area contributed by atoms with Crippen LogP contribution in [0.4, 0.5) is 0 Å². The van der Waals surface area contributed by atoms with Crippen LogP contribution in [0.2, 0.25) is 0 Å². The summed E-state index contributed by atoms with van der Waals surface area (Å²) in [7, 11) is 0.185. The summed E-state index contributed by atoms with van der Waals surface area (Å²) in [5.41, 5.74) is 2.35. The average Bonchev–Trinajstić information content (AvgIpc) is 2.62. The van der Waals surface area contributed by atoms with E-state index in [1.165, 1.54) is 5.56 Å². The summed E-state index contributed by atoms with van der Waals surface area (Å²) in [5.74, 6) is 1.46. The Bertz CT molecular complexity index is 793. The number of carbonyl (C=O) groups is 1. The van der Waals surface area contributed by atoms with Crippen LogP contribution in [0.25, 0.3) is 0 Å². The predicted octanol–water partition coefficient (Wildman–Crippen LogP) is 0.707. The van der Waals surface area contributed by atoms with Crippen LogP contribution >= 0.6 is 0 Å². The molecule has 0 N–H and O–H groups in total. The number of sulfone groups is 1. The Hall–Kier alpha value is -1.80. The van der Waals surface area contributed by atoms with E-state index < -0.39 is 15.1 Å². The molecular weight excluding hydrogens is 356 g/mol. The summed E-state index contributed by atoms with van der Waals surface area (Å²) in [5, 5.41) is -0.487. The van der Waals surface area contributed by atoms with Crippen molar-refractivity contribution < 1.29 is 22.7 Å². The highest BCUT2D eigenvalue weighted by Crippen LogP contribution is 2.33. The van der Waals surface area contributed by atoms with Crippen molar-refractivity contribution in [1.82, 2.24) is 9.80 Å². The van der Waals surface area contributed by atoms with Gasteiger partial charge in [-0.05, 0) is 36.6 Å². The van der Waals surface area contributed by atoms with Gasteiger partial charge in [-0.2, -0.15) is 0 Å². The van der Waals surface area contributed by atoms with Gasteiger partial charge in [-0.1, -0.05) is 0 Å². The summed E-state index contributed by atoms with van der Waals surface area (Å²) >= 11 is 0. The lowest BCUT2D eigenvalue weighted by Crippen LogP contribution is -2.51. The van der Waals surface area contributed by atoms with Crippen LogP contribution in [-0.4, -0.2) is 75.5 Å².